The molecule has 1 unspecified atom stereocenters. The van der Waals surface area contributed by atoms with Crippen molar-refractivity contribution in [2.75, 3.05) is 23.7 Å². The van der Waals surface area contributed by atoms with Crippen molar-refractivity contribution in [1.82, 2.24) is 10.2 Å². The molecule has 0 radical (unpaired) electrons. The maximum atomic E-state index is 9.38. The van der Waals surface area contributed by atoms with Gasteiger partial charge in [-0.1, -0.05) is 10.2 Å². The average molecular weight is 184 g/mol. The Labute approximate surface area is 75.3 Å². The van der Waals surface area contributed by atoms with Gasteiger partial charge in [0, 0.05) is 13.1 Å². The number of nitrogen functional groups attached to an aromatic ring is 1. The Morgan fingerprint density at radius 2 is 2.38 bits per heavy atom. The van der Waals surface area contributed by atoms with Crippen molar-refractivity contribution in [2.24, 2.45) is 0 Å². The summed E-state index contributed by atoms with van der Waals surface area (Å²) >= 11 is 0. The zero-order valence-corrected chi connectivity index (χ0v) is 7.18. The lowest BCUT2D eigenvalue weighted by Crippen LogP contribution is -2.38. The van der Waals surface area contributed by atoms with Crippen molar-refractivity contribution >= 4 is 12.0 Å². The van der Waals surface area contributed by atoms with Crippen LogP contribution >= 0.6 is 0 Å². The molecule has 1 aliphatic heterocycles. The Hall–Kier alpha value is -1.30. The molecule has 13 heavy (non-hydrogen) atoms. The highest BCUT2D eigenvalue weighted by atomic mass is 16.4. The van der Waals surface area contributed by atoms with Gasteiger partial charge in [0.05, 0.1) is 6.10 Å². The van der Waals surface area contributed by atoms with E-state index in [4.69, 9.17) is 10.2 Å². The third-order valence-electron chi connectivity index (χ3n) is 2.10. The van der Waals surface area contributed by atoms with Crippen LogP contribution in [-0.4, -0.2) is 34.5 Å². The first-order valence-corrected chi connectivity index (χ1v) is 4.27. The Bertz CT molecular complexity index is 288. The summed E-state index contributed by atoms with van der Waals surface area (Å²) in [6, 6.07) is 0.464. The van der Waals surface area contributed by atoms with Gasteiger partial charge < -0.3 is 20.2 Å². The quantitative estimate of drug-likeness (QED) is 0.618. The molecule has 1 aliphatic rings. The number of nitrogens with two attached hydrogens (primary N) is 1. The predicted molar refractivity (Wildman–Crippen MR) is 46.2 cm³/mol. The van der Waals surface area contributed by atoms with E-state index < -0.39 is 0 Å². The SMILES string of the molecule is Nc1nnc(N2CCCC(O)C2)o1. The lowest BCUT2D eigenvalue weighted by Gasteiger charge is -2.27. The minimum atomic E-state index is -0.304. The van der Waals surface area contributed by atoms with Crippen molar-refractivity contribution in [2.45, 2.75) is 18.9 Å². The minimum absolute atomic E-state index is 0.0649. The van der Waals surface area contributed by atoms with Crippen LogP contribution in [0, 0.1) is 0 Å². The van der Waals surface area contributed by atoms with Crippen LogP contribution in [0.15, 0.2) is 4.42 Å². The Balaban J connectivity index is 2.08. The molecule has 1 saturated heterocycles. The number of hydrogen-bond donors (Lipinski definition) is 2. The van der Waals surface area contributed by atoms with Crippen molar-refractivity contribution < 1.29 is 9.52 Å². The lowest BCUT2D eigenvalue weighted by atomic mass is 10.1. The van der Waals surface area contributed by atoms with Crippen LogP contribution in [0.25, 0.3) is 0 Å². The molecule has 0 bridgehead atoms. The number of β-amino-alcohol motifs (C(OH)–C–C–N with tert-alkyl or cyclic N) is 1. The zero-order valence-electron chi connectivity index (χ0n) is 7.18. The maximum absolute atomic E-state index is 9.38. The summed E-state index contributed by atoms with van der Waals surface area (Å²) < 4.78 is 5.04. The molecule has 2 rings (SSSR count). The van der Waals surface area contributed by atoms with Gasteiger partial charge in [-0.05, 0) is 12.8 Å². The number of aliphatic hydroxyl groups is 1. The van der Waals surface area contributed by atoms with E-state index in [0.717, 1.165) is 19.4 Å². The number of piperidine rings is 1. The number of anilines is 2. The van der Waals surface area contributed by atoms with E-state index in [1.165, 1.54) is 0 Å². The molecule has 6 heteroatoms. The molecule has 1 fully saturated rings. The molecule has 3 N–H and O–H groups in total. The number of nitrogens with zero attached hydrogens (tertiary/aromatic N) is 3. The molecule has 0 amide bonds. The fourth-order valence-corrected chi connectivity index (χ4v) is 1.48. The Morgan fingerprint density at radius 3 is 3.00 bits per heavy atom. The van der Waals surface area contributed by atoms with Gasteiger partial charge in [-0.2, -0.15) is 0 Å². The summed E-state index contributed by atoms with van der Waals surface area (Å²) in [4.78, 5) is 1.84. The molecule has 2 heterocycles. The van der Waals surface area contributed by atoms with E-state index in [-0.39, 0.29) is 12.1 Å². The third-order valence-corrected chi connectivity index (χ3v) is 2.10. The number of aliphatic hydroxyl groups excluding tert-OH is 1. The van der Waals surface area contributed by atoms with Crippen LogP contribution in [0.5, 0.6) is 0 Å². The summed E-state index contributed by atoms with van der Waals surface area (Å²) in [5.74, 6) is 0. The largest absolute Gasteiger partial charge is 0.391 e. The van der Waals surface area contributed by atoms with E-state index in [1.807, 2.05) is 4.90 Å². The minimum Gasteiger partial charge on any atom is -0.391 e. The van der Waals surface area contributed by atoms with Gasteiger partial charge in [0.2, 0.25) is 0 Å². The van der Waals surface area contributed by atoms with Gasteiger partial charge in [-0.3, -0.25) is 0 Å². The van der Waals surface area contributed by atoms with Crippen LogP contribution in [-0.2, 0) is 0 Å². The number of aromatic nitrogens is 2. The van der Waals surface area contributed by atoms with Crippen molar-refractivity contribution in [3.05, 3.63) is 0 Å². The molecular formula is C7H12N4O2. The standard InChI is InChI=1S/C7H12N4O2/c8-6-9-10-7(13-6)11-3-1-2-5(12)4-11/h5,12H,1-4H2,(H2,8,9). The lowest BCUT2D eigenvalue weighted by molar-refractivity contribution is 0.152. The second kappa shape index (κ2) is 3.21. The fourth-order valence-electron chi connectivity index (χ4n) is 1.48. The molecular weight excluding hydrogens is 172 g/mol. The van der Waals surface area contributed by atoms with Gasteiger partial charge >= 0.3 is 12.0 Å². The molecule has 0 aromatic carbocycles. The summed E-state index contributed by atoms with van der Waals surface area (Å²) in [6.45, 7) is 1.38. The molecule has 1 atom stereocenters. The first kappa shape index (κ1) is 8.31. The zero-order chi connectivity index (χ0) is 9.26. The molecule has 1 aromatic heterocycles. The summed E-state index contributed by atoms with van der Waals surface area (Å²) in [6.07, 6.45) is 1.46. The summed E-state index contributed by atoms with van der Waals surface area (Å²) in [5, 5.41) is 16.7. The summed E-state index contributed by atoms with van der Waals surface area (Å²) in [5.41, 5.74) is 5.29. The highest BCUT2D eigenvalue weighted by Gasteiger charge is 2.21. The van der Waals surface area contributed by atoms with Gasteiger partial charge in [-0.15, -0.1) is 0 Å². The molecule has 0 aliphatic carbocycles. The Morgan fingerprint density at radius 1 is 1.54 bits per heavy atom. The van der Waals surface area contributed by atoms with Crippen molar-refractivity contribution in [3.8, 4) is 0 Å². The van der Waals surface area contributed by atoms with E-state index in [9.17, 15) is 5.11 Å². The molecule has 6 nitrogen and oxygen atoms in total. The smallest absolute Gasteiger partial charge is 0.319 e. The topological polar surface area (TPSA) is 88.4 Å². The van der Waals surface area contributed by atoms with E-state index in [1.54, 1.807) is 0 Å². The summed E-state index contributed by atoms with van der Waals surface area (Å²) in [7, 11) is 0. The van der Waals surface area contributed by atoms with Gasteiger partial charge in [0.15, 0.2) is 0 Å². The highest BCUT2D eigenvalue weighted by molar-refractivity contribution is 5.28. The molecule has 0 spiro atoms. The van der Waals surface area contributed by atoms with Gasteiger partial charge in [-0.25, -0.2) is 0 Å². The number of hydrogen-bond acceptors (Lipinski definition) is 6. The Kier molecular flexibility index (Phi) is 2.05. The first-order valence-electron chi connectivity index (χ1n) is 4.27. The second-order valence-electron chi connectivity index (χ2n) is 3.16. The van der Waals surface area contributed by atoms with Crippen LogP contribution in [0.4, 0.5) is 12.0 Å². The van der Waals surface area contributed by atoms with Crippen LogP contribution in [0.3, 0.4) is 0 Å². The van der Waals surface area contributed by atoms with Crippen molar-refractivity contribution in [3.63, 3.8) is 0 Å². The highest BCUT2D eigenvalue weighted by Crippen LogP contribution is 2.18. The van der Waals surface area contributed by atoms with Crippen molar-refractivity contribution in [1.29, 1.82) is 0 Å². The first-order chi connectivity index (χ1) is 6.25. The van der Waals surface area contributed by atoms with Gasteiger partial charge in [0.1, 0.15) is 0 Å². The van der Waals surface area contributed by atoms with Gasteiger partial charge in [0.25, 0.3) is 0 Å². The number of rotatable bonds is 1. The fraction of sp³-hybridized carbons (Fsp3) is 0.714. The predicted octanol–water partition coefficient (Wildman–Crippen LogP) is -0.387. The molecule has 1 aromatic rings. The van der Waals surface area contributed by atoms with Crippen LogP contribution in [0.2, 0.25) is 0 Å². The van der Waals surface area contributed by atoms with E-state index in [0.29, 0.717) is 12.6 Å². The van der Waals surface area contributed by atoms with Crippen LogP contribution < -0.4 is 10.6 Å². The second-order valence-corrected chi connectivity index (χ2v) is 3.16. The monoisotopic (exact) mass is 184 g/mol. The molecule has 0 saturated carbocycles. The normalized spacial score (nSPS) is 23.5. The maximum Gasteiger partial charge on any atom is 0.319 e. The van der Waals surface area contributed by atoms with Crippen LogP contribution in [0.1, 0.15) is 12.8 Å². The third kappa shape index (κ3) is 1.72. The van der Waals surface area contributed by atoms with E-state index in [2.05, 4.69) is 10.2 Å². The van der Waals surface area contributed by atoms with E-state index >= 15 is 0 Å². The molecule has 72 valence electrons. The average Bonchev–Trinajstić information content (AvgIpc) is 2.52.